The van der Waals surface area contributed by atoms with Crippen LogP contribution in [0.5, 0.6) is 5.75 Å². The summed E-state index contributed by atoms with van der Waals surface area (Å²) >= 11 is 0. The van der Waals surface area contributed by atoms with E-state index in [2.05, 4.69) is 24.4 Å². The number of aliphatic hydroxyl groups is 1. The number of rotatable bonds is 6. The van der Waals surface area contributed by atoms with Gasteiger partial charge in [0.05, 0.1) is 13.8 Å². The number of methoxy groups -OCH3 is 1. The van der Waals surface area contributed by atoms with Crippen LogP contribution in [0.4, 0.5) is 0 Å². The standard InChI is InChI=1S/C12H19NO2/c1-3-10-4-5-12(15-2)11(8-10)6-7-13-9-14/h4-5,8,13-14H,3,6-7,9H2,1-2H3. The minimum absolute atomic E-state index is 0.0236. The maximum atomic E-state index is 8.63. The van der Waals surface area contributed by atoms with Crippen LogP contribution in [0.3, 0.4) is 0 Å². The number of aryl methyl sites for hydroxylation is 1. The first-order valence-corrected chi connectivity index (χ1v) is 5.29. The van der Waals surface area contributed by atoms with Crippen molar-refractivity contribution in [3.05, 3.63) is 29.3 Å². The molecule has 0 unspecified atom stereocenters. The summed E-state index contributed by atoms with van der Waals surface area (Å²) in [6.07, 6.45) is 1.90. The number of hydrogen-bond acceptors (Lipinski definition) is 3. The van der Waals surface area contributed by atoms with E-state index < -0.39 is 0 Å². The molecule has 0 amide bonds. The zero-order chi connectivity index (χ0) is 11.1. The summed E-state index contributed by atoms with van der Waals surface area (Å²) in [5.74, 6) is 0.923. The fourth-order valence-electron chi connectivity index (χ4n) is 1.55. The van der Waals surface area contributed by atoms with Gasteiger partial charge in [0.15, 0.2) is 0 Å². The van der Waals surface area contributed by atoms with Gasteiger partial charge in [0.25, 0.3) is 0 Å². The highest BCUT2D eigenvalue weighted by molar-refractivity contribution is 5.37. The molecule has 0 aliphatic rings. The Morgan fingerprint density at radius 1 is 1.40 bits per heavy atom. The van der Waals surface area contributed by atoms with Gasteiger partial charge < -0.3 is 9.84 Å². The van der Waals surface area contributed by atoms with Gasteiger partial charge in [-0.3, -0.25) is 5.32 Å². The Labute approximate surface area is 91.1 Å². The lowest BCUT2D eigenvalue weighted by atomic mass is 10.1. The molecule has 0 bridgehead atoms. The van der Waals surface area contributed by atoms with E-state index >= 15 is 0 Å². The zero-order valence-corrected chi connectivity index (χ0v) is 9.42. The van der Waals surface area contributed by atoms with Crippen molar-refractivity contribution < 1.29 is 9.84 Å². The Bertz CT molecular complexity index is 300. The van der Waals surface area contributed by atoms with Crippen LogP contribution in [-0.2, 0) is 12.8 Å². The molecule has 0 aliphatic carbocycles. The average Bonchev–Trinajstić information content (AvgIpc) is 2.29. The molecule has 0 radical (unpaired) electrons. The van der Waals surface area contributed by atoms with Crippen molar-refractivity contribution in [2.24, 2.45) is 0 Å². The summed E-state index contributed by atoms with van der Waals surface area (Å²) in [7, 11) is 1.68. The summed E-state index contributed by atoms with van der Waals surface area (Å²) in [5, 5.41) is 11.5. The molecule has 0 heterocycles. The highest BCUT2D eigenvalue weighted by atomic mass is 16.5. The van der Waals surface area contributed by atoms with Crippen LogP contribution in [0.25, 0.3) is 0 Å². The molecule has 0 saturated heterocycles. The normalized spacial score (nSPS) is 10.3. The van der Waals surface area contributed by atoms with E-state index in [1.807, 2.05) is 6.07 Å². The fourth-order valence-corrected chi connectivity index (χ4v) is 1.55. The first-order valence-electron chi connectivity index (χ1n) is 5.29. The molecule has 0 spiro atoms. The molecule has 0 aliphatic heterocycles. The van der Waals surface area contributed by atoms with E-state index in [9.17, 15) is 0 Å². The van der Waals surface area contributed by atoms with E-state index in [1.54, 1.807) is 7.11 Å². The highest BCUT2D eigenvalue weighted by Gasteiger charge is 2.03. The number of aliphatic hydroxyl groups excluding tert-OH is 1. The monoisotopic (exact) mass is 209 g/mol. The van der Waals surface area contributed by atoms with Crippen LogP contribution in [0.1, 0.15) is 18.1 Å². The van der Waals surface area contributed by atoms with Crippen LogP contribution in [0.2, 0.25) is 0 Å². The highest BCUT2D eigenvalue weighted by Crippen LogP contribution is 2.20. The topological polar surface area (TPSA) is 41.5 Å². The predicted octanol–water partition coefficient (Wildman–Crippen LogP) is 1.34. The number of ether oxygens (including phenoxy) is 1. The zero-order valence-electron chi connectivity index (χ0n) is 9.42. The molecule has 3 nitrogen and oxygen atoms in total. The molecule has 1 aromatic carbocycles. The summed E-state index contributed by atoms with van der Waals surface area (Å²) in [5.41, 5.74) is 2.51. The third kappa shape index (κ3) is 3.53. The quantitative estimate of drug-likeness (QED) is 0.549. The van der Waals surface area contributed by atoms with Gasteiger partial charge in [-0.15, -0.1) is 0 Å². The fraction of sp³-hybridized carbons (Fsp3) is 0.500. The van der Waals surface area contributed by atoms with Crippen LogP contribution in [0.15, 0.2) is 18.2 Å². The first-order chi connectivity index (χ1) is 7.31. The van der Waals surface area contributed by atoms with Crippen LogP contribution in [0, 0.1) is 0 Å². The van der Waals surface area contributed by atoms with E-state index in [0.29, 0.717) is 0 Å². The molecule has 3 heteroatoms. The molecule has 1 aromatic rings. The van der Waals surface area contributed by atoms with E-state index in [1.165, 1.54) is 11.1 Å². The van der Waals surface area contributed by atoms with E-state index in [-0.39, 0.29) is 6.73 Å². The molecule has 15 heavy (non-hydrogen) atoms. The van der Waals surface area contributed by atoms with Gasteiger partial charge in [0.2, 0.25) is 0 Å². The minimum Gasteiger partial charge on any atom is -0.496 e. The lowest BCUT2D eigenvalue weighted by Crippen LogP contribution is -2.18. The SMILES string of the molecule is CCc1ccc(OC)c(CCNCO)c1. The lowest BCUT2D eigenvalue weighted by molar-refractivity contribution is 0.261. The maximum Gasteiger partial charge on any atom is 0.122 e. The summed E-state index contributed by atoms with van der Waals surface area (Å²) in [6, 6.07) is 6.26. The van der Waals surface area contributed by atoms with Gasteiger partial charge in [0, 0.05) is 6.54 Å². The van der Waals surface area contributed by atoms with Gasteiger partial charge in [-0.05, 0) is 30.0 Å². The van der Waals surface area contributed by atoms with Crippen molar-refractivity contribution in [1.82, 2.24) is 5.32 Å². The number of benzene rings is 1. The molecule has 0 aromatic heterocycles. The second-order valence-electron chi connectivity index (χ2n) is 3.41. The van der Waals surface area contributed by atoms with Crippen LogP contribution < -0.4 is 10.1 Å². The molecule has 0 atom stereocenters. The largest absolute Gasteiger partial charge is 0.496 e. The van der Waals surface area contributed by atoms with E-state index in [0.717, 1.165) is 25.1 Å². The van der Waals surface area contributed by atoms with Crippen molar-refractivity contribution in [3.8, 4) is 5.75 Å². The Morgan fingerprint density at radius 3 is 2.80 bits per heavy atom. The van der Waals surface area contributed by atoms with Gasteiger partial charge in [-0.2, -0.15) is 0 Å². The maximum absolute atomic E-state index is 8.63. The van der Waals surface area contributed by atoms with Gasteiger partial charge >= 0.3 is 0 Å². The Hall–Kier alpha value is -1.06. The van der Waals surface area contributed by atoms with Crippen molar-refractivity contribution >= 4 is 0 Å². The molecule has 84 valence electrons. The van der Waals surface area contributed by atoms with Crippen molar-refractivity contribution in [3.63, 3.8) is 0 Å². The second kappa shape index (κ2) is 6.43. The smallest absolute Gasteiger partial charge is 0.122 e. The third-order valence-electron chi connectivity index (χ3n) is 2.44. The molecular formula is C12H19NO2. The number of nitrogens with one attached hydrogen (secondary N) is 1. The Kier molecular flexibility index (Phi) is 5.15. The molecule has 2 N–H and O–H groups in total. The van der Waals surface area contributed by atoms with Crippen molar-refractivity contribution in [2.45, 2.75) is 19.8 Å². The molecule has 0 saturated carbocycles. The average molecular weight is 209 g/mol. The van der Waals surface area contributed by atoms with Gasteiger partial charge in [-0.1, -0.05) is 19.1 Å². The molecule has 1 rings (SSSR count). The van der Waals surface area contributed by atoms with Gasteiger partial charge in [-0.25, -0.2) is 0 Å². The first kappa shape index (κ1) is 12.0. The summed E-state index contributed by atoms with van der Waals surface area (Å²) < 4.78 is 5.29. The third-order valence-corrected chi connectivity index (χ3v) is 2.44. The summed E-state index contributed by atoms with van der Waals surface area (Å²) in [6.45, 7) is 2.92. The van der Waals surface area contributed by atoms with Crippen LogP contribution >= 0.6 is 0 Å². The van der Waals surface area contributed by atoms with Crippen molar-refractivity contribution in [1.29, 1.82) is 0 Å². The Morgan fingerprint density at radius 2 is 2.20 bits per heavy atom. The lowest BCUT2D eigenvalue weighted by Gasteiger charge is -2.10. The van der Waals surface area contributed by atoms with Crippen molar-refractivity contribution in [2.75, 3.05) is 20.4 Å². The molecule has 0 fully saturated rings. The van der Waals surface area contributed by atoms with Gasteiger partial charge in [0.1, 0.15) is 5.75 Å². The minimum atomic E-state index is 0.0236. The second-order valence-corrected chi connectivity index (χ2v) is 3.41. The van der Waals surface area contributed by atoms with E-state index in [4.69, 9.17) is 9.84 Å². The summed E-state index contributed by atoms with van der Waals surface area (Å²) in [4.78, 5) is 0. The predicted molar refractivity (Wildman–Crippen MR) is 61.2 cm³/mol. The Balaban J connectivity index is 2.72. The molecular weight excluding hydrogens is 190 g/mol. The van der Waals surface area contributed by atoms with Crippen LogP contribution in [-0.4, -0.2) is 25.5 Å². The number of hydrogen-bond donors (Lipinski definition) is 2.